The van der Waals surface area contributed by atoms with Crippen molar-refractivity contribution in [2.45, 2.75) is 44.7 Å². The molecule has 2 aliphatic heterocycles. The number of piperidine rings is 1. The minimum absolute atomic E-state index is 0.0366. The molecule has 0 spiro atoms. The molecule has 1 amide bonds. The molecule has 0 N–H and O–H groups in total. The molecule has 1 fully saturated rings. The summed E-state index contributed by atoms with van der Waals surface area (Å²) >= 11 is 5.93. The average molecular weight is 282 g/mol. The molecule has 1 aromatic heterocycles. The van der Waals surface area contributed by atoms with Crippen LogP contribution in [-0.4, -0.2) is 33.8 Å². The smallest absolute Gasteiger partial charge is 0.410 e. The van der Waals surface area contributed by atoms with Crippen LogP contribution in [0.1, 0.15) is 43.5 Å². The predicted molar refractivity (Wildman–Crippen MR) is 70.0 cm³/mol. The second-order valence-electron chi connectivity index (χ2n) is 4.98. The maximum Gasteiger partial charge on any atom is 0.410 e. The first-order valence-electron chi connectivity index (χ1n) is 6.67. The van der Waals surface area contributed by atoms with E-state index in [1.54, 1.807) is 0 Å². The van der Waals surface area contributed by atoms with Gasteiger partial charge in [0.15, 0.2) is 5.15 Å². The fourth-order valence-corrected chi connectivity index (χ4v) is 3.29. The van der Waals surface area contributed by atoms with Gasteiger partial charge in [0.1, 0.15) is 0 Å². The Balaban J connectivity index is 1.99. The standard InChI is InChI=1S/C13H16ClN3O2/c1-2-19-13(18)17-8-4-3-5-11(17)9-7-12(14)16-15-10(9)6-8/h7-8,11H,2-6H2,1H3. The Morgan fingerprint density at radius 3 is 3.16 bits per heavy atom. The van der Waals surface area contributed by atoms with E-state index in [2.05, 4.69) is 10.2 Å². The number of hydrogen-bond donors (Lipinski definition) is 0. The molecular formula is C13H16ClN3O2. The van der Waals surface area contributed by atoms with Gasteiger partial charge in [0.2, 0.25) is 0 Å². The number of fused-ring (bicyclic) bond motifs is 4. The van der Waals surface area contributed by atoms with Crippen molar-refractivity contribution in [2.24, 2.45) is 0 Å². The summed E-state index contributed by atoms with van der Waals surface area (Å²) in [5, 5.41) is 8.47. The number of carbonyl (C=O) groups excluding carboxylic acids is 1. The van der Waals surface area contributed by atoms with Crippen molar-refractivity contribution >= 4 is 17.7 Å². The Hall–Kier alpha value is -1.36. The molecule has 19 heavy (non-hydrogen) atoms. The molecular weight excluding hydrogens is 266 g/mol. The van der Waals surface area contributed by atoms with Crippen molar-refractivity contribution in [1.29, 1.82) is 0 Å². The van der Waals surface area contributed by atoms with Gasteiger partial charge in [0, 0.05) is 18.0 Å². The minimum atomic E-state index is -0.226. The highest BCUT2D eigenvalue weighted by Crippen LogP contribution is 2.41. The highest BCUT2D eigenvalue weighted by atomic mass is 35.5. The number of rotatable bonds is 1. The summed E-state index contributed by atoms with van der Waals surface area (Å²) in [6.45, 7) is 2.23. The Kier molecular flexibility index (Phi) is 3.31. The van der Waals surface area contributed by atoms with Gasteiger partial charge in [-0.15, -0.1) is 5.10 Å². The first-order valence-corrected chi connectivity index (χ1v) is 7.05. The first kappa shape index (κ1) is 12.7. The van der Waals surface area contributed by atoms with Crippen molar-refractivity contribution in [2.75, 3.05) is 6.61 Å². The third-order valence-corrected chi connectivity index (χ3v) is 4.07. The fraction of sp³-hybridized carbons (Fsp3) is 0.615. The molecule has 2 unspecified atom stereocenters. The van der Waals surface area contributed by atoms with Crippen molar-refractivity contribution in [3.8, 4) is 0 Å². The highest BCUT2D eigenvalue weighted by molar-refractivity contribution is 6.29. The van der Waals surface area contributed by atoms with Crippen LogP contribution in [0.5, 0.6) is 0 Å². The van der Waals surface area contributed by atoms with E-state index in [0.29, 0.717) is 11.8 Å². The van der Waals surface area contributed by atoms with Crippen molar-refractivity contribution in [1.82, 2.24) is 15.1 Å². The van der Waals surface area contributed by atoms with Crippen LogP contribution in [0, 0.1) is 0 Å². The molecule has 6 heteroatoms. The molecule has 0 aromatic carbocycles. The van der Waals surface area contributed by atoms with Crippen LogP contribution in [0.4, 0.5) is 4.79 Å². The number of hydrogen-bond acceptors (Lipinski definition) is 4. The molecule has 1 saturated heterocycles. The second kappa shape index (κ2) is 4.96. The number of aromatic nitrogens is 2. The number of amides is 1. The van der Waals surface area contributed by atoms with E-state index in [-0.39, 0.29) is 18.2 Å². The summed E-state index contributed by atoms with van der Waals surface area (Å²) in [6, 6.07) is 2.05. The molecule has 102 valence electrons. The van der Waals surface area contributed by atoms with Crippen LogP contribution in [0.15, 0.2) is 6.07 Å². The van der Waals surface area contributed by atoms with Gasteiger partial charge in [0.05, 0.1) is 18.3 Å². The zero-order valence-electron chi connectivity index (χ0n) is 10.8. The predicted octanol–water partition coefficient (Wildman–Crippen LogP) is 2.74. The number of ether oxygens (including phenoxy) is 1. The van der Waals surface area contributed by atoms with Gasteiger partial charge in [-0.3, -0.25) is 4.90 Å². The third kappa shape index (κ3) is 2.16. The lowest BCUT2D eigenvalue weighted by atomic mass is 9.83. The van der Waals surface area contributed by atoms with Crippen molar-refractivity contribution in [3.05, 3.63) is 22.5 Å². The second-order valence-corrected chi connectivity index (χ2v) is 5.37. The van der Waals surface area contributed by atoms with Crippen LogP contribution in [-0.2, 0) is 11.2 Å². The van der Waals surface area contributed by atoms with Crippen molar-refractivity contribution in [3.63, 3.8) is 0 Å². The lowest BCUT2D eigenvalue weighted by Crippen LogP contribution is -2.50. The summed E-state index contributed by atoms with van der Waals surface area (Å²) in [5.74, 6) is 0. The van der Waals surface area contributed by atoms with Gasteiger partial charge in [-0.05, 0) is 32.3 Å². The Bertz CT molecular complexity index is 509. The van der Waals surface area contributed by atoms with Gasteiger partial charge in [-0.2, -0.15) is 5.10 Å². The number of halogens is 1. The summed E-state index contributed by atoms with van der Waals surface area (Å²) in [6.07, 6.45) is 3.57. The number of carbonyl (C=O) groups is 1. The molecule has 0 aliphatic carbocycles. The lowest BCUT2D eigenvalue weighted by molar-refractivity contribution is 0.0403. The van der Waals surface area contributed by atoms with Crippen LogP contribution in [0.2, 0.25) is 5.15 Å². The maximum atomic E-state index is 12.1. The zero-order valence-corrected chi connectivity index (χ0v) is 11.6. The van der Waals surface area contributed by atoms with E-state index < -0.39 is 0 Å². The van der Waals surface area contributed by atoms with Crippen LogP contribution in [0.3, 0.4) is 0 Å². The van der Waals surface area contributed by atoms with E-state index in [9.17, 15) is 4.79 Å². The molecule has 3 rings (SSSR count). The summed E-state index contributed by atoms with van der Waals surface area (Å²) < 4.78 is 5.18. The molecule has 2 atom stereocenters. The molecule has 3 heterocycles. The fourth-order valence-electron chi connectivity index (χ4n) is 3.14. The first-order chi connectivity index (χ1) is 9.20. The van der Waals surface area contributed by atoms with Crippen molar-refractivity contribution < 1.29 is 9.53 Å². The monoisotopic (exact) mass is 281 g/mol. The SMILES string of the molecule is CCOC(=O)N1C2CCCC1c1cc(Cl)nnc1C2. The maximum absolute atomic E-state index is 12.1. The molecule has 5 nitrogen and oxygen atoms in total. The quantitative estimate of drug-likeness (QED) is 0.794. The van der Waals surface area contributed by atoms with E-state index in [0.717, 1.165) is 36.9 Å². The summed E-state index contributed by atoms with van der Waals surface area (Å²) in [5.41, 5.74) is 2.00. The summed E-state index contributed by atoms with van der Waals surface area (Å²) in [7, 11) is 0. The van der Waals surface area contributed by atoms with Crippen LogP contribution in [0.25, 0.3) is 0 Å². The third-order valence-electron chi connectivity index (χ3n) is 3.88. The highest BCUT2D eigenvalue weighted by Gasteiger charge is 2.41. The molecule has 2 aliphatic rings. The largest absolute Gasteiger partial charge is 0.450 e. The Morgan fingerprint density at radius 2 is 2.37 bits per heavy atom. The molecule has 1 aromatic rings. The van der Waals surface area contributed by atoms with E-state index in [4.69, 9.17) is 16.3 Å². The number of nitrogens with zero attached hydrogens (tertiary/aromatic N) is 3. The van der Waals surface area contributed by atoms with Gasteiger partial charge in [0.25, 0.3) is 0 Å². The average Bonchev–Trinajstić information content (AvgIpc) is 2.39. The van der Waals surface area contributed by atoms with Crippen LogP contribution >= 0.6 is 11.6 Å². The minimum Gasteiger partial charge on any atom is -0.450 e. The van der Waals surface area contributed by atoms with E-state index in [1.165, 1.54) is 0 Å². The van der Waals surface area contributed by atoms with Gasteiger partial charge in [-0.1, -0.05) is 11.6 Å². The molecule has 0 saturated carbocycles. The van der Waals surface area contributed by atoms with Gasteiger partial charge >= 0.3 is 6.09 Å². The normalized spacial score (nSPS) is 24.8. The van der Waals surface area contributed by atoms with Gasteiger partial charge in [-0.25, -0.2) is 4.79 Å². The lowest BCUT2D eigenvalue weighted by Gasteiger charge is -2.45. The van der Waals surface area contributed by atoms with Gasteiger partial charge < -0.3 is 4.74 Å². The van der Waals surface area contributed by atoms with Crippen LogP contribution < -0.4 is 0 Å². The molecule has 0 radical (unpaired) electrons. The topological polar surface area (TPSA) is 55.3 Å². The van der Waals surface area contributed by atoms with E-state index in [1.807, 2.05) is 17.9 Å². The zero-order chi connectivity index (χ0) is 13.4. The van der Waals surface area contributed by atoms with E-state index >= 15 is 0 Å². The summed E-state index contributed by atoms with van der Waals surface area (Å²) in [4.78, 5) is 14.0. The molecule has 2 bridgehead atoms. The Morgan fingerprint density at radius 1 is 1.53 bits per heavy atom. The Labute approximate surface area is 116 Å².